The minimum absolute atomic E-state index is 0.231. The monoisotopic (exact) mass is 191 g/mol. The van der Waals surface area contributed by atoms with Crippen LogP contribution in [0.25, 0.3) is 0 Å². The molecule has 0 unspecified atom stereocenters. The molecule has 0 aliphatic heterocycles. The third-order valence-electron chi connectivity index (χ3n) is 2.57. The van der Waals surface area contributed by atoms with Gasteiger partial charge >= 0.3 is 0 Å². The molecule has 0 atom stereocenters. The Bertz CT molecular complexity index is 127. The molecule has 12 heavy (non-hydrogen) atoms. The van der Waals surface area contributed by atoms with E-state index in [0.717, 1.165) is 6.42 Å². The van der Waals surface area contributed by atoms with Gasteiger partial charge in [-0.25, -0.2) is 0 Å². The van der Waals surface area contributed by atoms with E-state index >= 15 is 0 Å². The highest BCUT2D eigenvalue weighted by molar-refractivity contribution is 6.74. The fourth-order valence-corrected chi connectivity index (χ4v) is 1.70. The van der Waals surface area contributed by atoms with Gasteiger partial charge in [0, 0.05) is 13.2 Å². The van der Waals surface area contributed by atoms with E-state index in [1.807, 2.05) is 0 Å². The lowest BCUT2D eigenvalue weighted by Gasteiger charge is -2.36. The number of aliphatic hydroxyl groups is 1. The second kappa shape index (κ2) is 4.39. The summed E-state index contributed by atoms with van der Waals surface area (Å²) in [6.45, 7) is 12.0. The summed E-state index contributed by atoms with van der Waals surface area (Å²) in [4.78, 5) is 0. The van der Waals surface area contributed by atoms with Gasteiger partial charge in [0.25, 0.3) is 0 Å². The molecule has 0 fully saturated rings. The zero-order valence-electron chi connectivity index (χ0n) is 8.98. The van der Waals surface area contributed by atoms with Crippen LogP contribution in [0.1, 0.15) is 27.2 Å². The minimum atomic E-state index is -1.55. The smallest absolute Gasteiger partial charge is 0.191 e. The minimum Gasteiger partial charge on any atom is -0.417 e. The maximum atomic E-state index is 8.60. The molecule has 0 radical (unpaired) electrons. The quantitative estimate of drug-likeness (QED) is 0.420. The Hall–Kier alpha value is 0.137. The van der Waals surface area contributed by atoms with Gasteiger partial charge in [-0.05, 0) is 24.6 Å². The number of aliphatic hydroxyl groups excluding tert-OH is 1. The van der Waals surface area contributed by atoms with Crippen molar-refractivity contribution in [2.45, 2.75) is 45.3 Å². The molecule has 0 heterocycles. The molecule has 3 heteroatoms. The van der Waals surface area contributed by atoms with Gasteiger partial charge in [-0.2, -0.15) is 0 Å². The first-order valence-electron chi connectivity index (χ1n) is 4.56. The van der Waals surface area contributed by atoms with Gasteiger partial charge in [-0.15, -0.1) is 0 Å². The molecule has 0 saturated heterocycles. The summed E-state index contributed by atoms with van der Waals surface area (Å²) in [5.41, 5.74) is 0. The summed E-state index contributed by atoms with van der Waals surface area (Å²) < 4.78 is 5.81. The van der Waals surface area contributed by atoms with E-state index in [2.05, 4.69) is 33.9 Å². The Balaban J connectivity index is 3.88. The Labute approximate surface area is 77.1 Å². The van der Waals surface area contributed by atoms with Crippen LogP contribution in [0.15, 0.2) is 0 Å². The van der Waals surface area contributed by atoms with E-state index < -0.39 is 8.32 Å². The van der Waals surface area contributed by atoms with Gasteiger partial charge in [0.1, 0.15) is 0 Å². The summed E-state index contributed by atoms with van der Waals surface area (Å²) in [6, 6.07) is 0. The van der Waals surface area contributed by atoms with Crippen LogP contribution in [0.5, 0.6) is 0 Å². The van der Waals surface area contributed by atoms with Crippen molar-refractivity contribution in [1.29, 1.82) is 0 Å². The number of hydrogen-bond donors (Lipinski definition) is 1. The van der Waals surface area contributed by atoms with Crippen molar-refractivity contribution in [3.63, 3.8) is 0 Å². The molecule has 2 nitrogen and oxygen atoms in total. The fourth-order valence-electron chi connectivity index (χ4n) is 0.608. The van der Waals surface area contributed by atoms with Crippen LogP contribution in [0.2, 0.25) is 18.1 Å². The average molecular weight is 191 g/mol. The summed E-state index contributed by atoms with van der Waals surface area (Å²) in [5, 5.41) is 8.88. The van der Waals surface area contributed by atoms with E-state index in [-0.39, 0.29) is 11.6 Å². The van der Waals surface area contributed by atoms with Gasteiger partial charge in [0.15, 0.2) is 8.32 Å². The first-order valence-corrected chi connectivity index (χ1v) is 7.47. The Morgan fingerprint density at radius 2 is 1.75 bits per heavy atom. The zero-order chi connectivity index (χ0) is 9.83. The molecule has 0 aromatic carbocycles. The summed E-state index contributed by atoms with van der Waals surface area (Å²) in [6.07, 6.45) is 0.756. The van der Waals surface area contributed by atoms with Crippen LogP contribution in [-0.4, -0.2) is 26.6 Å². The van der Waals surface area contributed by atoms with E-state index in [4.69, 9.17) is 9.53 Å². The number of hydrogen-bond acceptors (Lipinski definition) is 2. The number of rotatable bonds is 4. The summed E-state index contributed by atoms with van der Waals surface area (Å²) >= 11 is 0. The van der Waals surface area contributed by atoms with E-state index in [0.29, 0.717) is 6.61 Å². The zero-order valence-corrected chi connectivity index (χ0v) is 9.98. The van der Waals surface area contributed by atoms with E-state index in [1.165, 1.54) is 0 Å². The van der Waals surface area contributed by atoms with Crippen LogP contribution in [0.4, 0.5) is 0 Å². The van der Waals surface area contributed by atoms with Crippen LogP contribution >= 0.6 is 0 Å². The van der Waals surface area contributed by atoms with Crippen molar-refractivity contribution in [2.75, 3.05) is 13.2 Å². The van der Waals surface area contributed by atoms with Crippen LogP contribution in [0, 0.1) is 0 Å². The maximum absolute atomic E-state index is 8.60. The van der Waals surface area contributed by atoms with Crippen LogP contribution in [-0.2, 0) is 4.43 Å². The Morgan fingerprint density at radius 1 is 1.25 bits per heavy atom. The highest BCUT2D eigenvalue weighted by Gasteiger charge is 2.36. The third-order valence-corrected chi connectivity index (χ3v) is 7.11. The average Bonchev–Trinajstić information content (AvgIpc) is 1.85. The van der Waals surface area contributed by atoms with Crippen molar-refractivity contribution in [1.82, 2.24) is 0 Å². The standard InChI is InChI=1S/C9H22O2Si/c1-9(2,3)12(4,5)11-8-6-7-10/h10H,6-8H2,1-5H3/i7+1. The largest absolute Gasteiger partial charge is 0.417 e. The van der Waals surface area contributed by atoms with Crippen LogP contribution < -0.4 is 0 Å². The lowest BCUT2D eigenvalue weighted by atomic mass is 10.2. The molecule has 0 saturated carbocycles. The molecule has 0 aliphatic carbocycles. The molecule has 0 bridgehead atoms. The summed E-state index contributed by atoms with van der Waals surface area (Å²) in [7, 11) is -1.55. The Morgan fingerprint density at radius 3 is 2.08 bits per heavy atom. The predicted molar refractivity (Wildman–Crippen MR) is 54.9 cm³/mol. The molecule has 1 N–H and O–H groups in total. The molecule has 0 spiro atoms. The van der Waals surface area contributed by atoms with Gasteiger partial charge in [0.05, 0.1) is 0 Å². The normalized spacial score (nSPS) is 13.5. The van der Waals surface area contributed by atoms with Gasteiger partial charge in [-0.1, -0.05) is 20.8 Å². The molecule has 0 aliphatic rings. The van der Waals surface area contributed by atoms with E-state index in [1.54, 1.807) is 0 Å². The molecule has 74 valence electrons. The molecular formula is C9H22O2Si. The van der Waals surface area contributed by atoms with Gasteiger partial charge < -0.3 is 9.53 Å². The molecule has 0 rings (SSSR count). The Kier molecular flexibility index (Phi) is 4.44. The van der Waals surface area contributed by atoms with E-state index in [9.17, 15) is 0 Å². The molecule has 0 aromatic rings. The second-order valence-corrected chi connectivity index (χ2v) is 9.50. The molecule has 0 aromatic heterocycles. The highest BCUT2D eigenvalue weighted by Crippen LogP contribution is 2.36. The van der Waals surface area contributed by atoms with Crippen molar-refractivity contribution < 1.29 is 9.53 Å². The molecule has 0 amide bonds. The molecular weight excluding hydrogens is 169 g/mol. The maximum Gasteiger partial charge on any atom is 0.191 e. The fraction of sp³-hybridized carbons (Fsp3) is 1.00. The lowest BCUT2D eigenvalue weighted by Crippen LogP contribution is -2.41. The van der Waals surface area contributed by atoms with Crippen molar-refractivity contribution >= 4 is 8.32 Å². The third kappa shape index (κ3) is 3.69. The van der Waals surface area contributed by atoms with Crippen molar-refractivity contribution in [3.8, 4) is 0 Å². The SMILES string of the molecule is CC(C)(C)[Si](C)(C)OCC[13CH2]O. The topological polar surface area (TPSA) is 29.5 Å². The first-order chi connectivity index (χ1) is 5.31. The van der Waals surface area contributed by atoms with Gasteiger partial charge in [0.2, 0.25) is 0 Å². The van der Waals surface area contributed by atoms with Crippen LogP contribution in [0.3, 0.4) is 0 Å². The highest BCUT2D eigenvalue weighted by atomic mass is 28.4. The summed E-state index contributed by atoms with van der Waals surface area (Å²) in [5.74, 6) is 0. The second-order valence-electron chi connectivity index (χ2n) is 4.69. The van der Waals surface area contributed by atoms with Gasteiger partial charge in [-0.3, -0.25) is 0 Å². The van der Waals surface area contributed by atoms with Crippen molar-refractivity contribution in [2.24, 2.45) is 0 Å². The predicted octanol–water partition coefficient (Wildman–Crippen LogP) is 2.39. The van der Waals surface area contributed by atoms with Crippen molar-refractivity contribution in [3.05, 3.63) is 0 Å². The first kappa shape index (κ1) is 12.1. The lowest BCUT2D eigenvalue weighted by molar-refractivity contribution is 0.222.